The average Bonchev–Trinajstić information content (AvgIpc) is 3.68. The number of fused-ring (bicyclic) bond motifs is 1. The van der Waals surface area contributed by atoms with E-state index < -0.39 is 0 Å². The number of likely N-dealkylation sites (tertiary alicyclic amines) is 1. The summed E-state index contributed by atoms with van der Waals surface area (Å²) in [6, 6.07) is 3.99. The van der Waals surface area contributed by atoms with Crippen LogP contribution in [0.3, 0.4) is 0 Å². The standard InChI is InChI=1S/C25H30N8O3S/c1-31-7-3-17(4-8-31)27-23(34)16-11-21(37-15-16)29-25-28-20-5-9-33(18-12-26-32(2)13-18)22(20)24(30-25)36-19-6-10-35-14-19/h5,9,11-13,15,17,19H,3-4,6-8,10,14H2,1-2H3,(H,27,34)(H,28,29,30)/t19-/m0/s1. The summed E-state index contributed by atoms with van der Waals surface area (Å²) in [4.78, 5) is 24.6. The summed E-state index contributed by atoms with van der Waals surface area (Å²) in [5, 5.41) is 13.4. The van der Waals surface area contributed by atoms with E-state index >= 15 is 0 Å². The van der Waals surface area contributed by atoms with Gasteiger partial charge in [0.2, 0.25) is 11.8 Å². The van der Waals surface area contributed by atoms with Gasteiger partial charge in [-0.3, -0.25) is 9.48 Å². The van der Waals surface area contributed by atoms with Crippen LogP contribution in [0.4, 0.5) is 10.9 Å². The maximum absolute atomic E-state index is 12.8. The highest BCUT2D eigenvalue weighted by Crippen LogP contribution is 2.31. The van der Waals surface area contributed by atoms with Gasteiger partial charge in [-0.2, -0.15) is 10.1 Å². The number of piperidine rings is 1. The molecule has 12 heteroatoms. The van der Waals surface area contributed by atoms with Gasteiger partial charge >= 0.3 is 0 Å². The van der Waals surface area contributed by atoms with E-state index in [-0.39, 0.29) is 18.1 Å². The van der Waals surface area contributed by atoms with E-state index in [0.29, 0.717) is 30.6 Å². The third kappa shape index (κ3) is 5.17. The van der Waals surface area contributed by atoms with E-state index in [1.165, 1.54) is 11.3 Å². The number of hydrogen-bond donors (Lipinski definition) is 2. The monoisotopic (exact) mass is 522 g/mol. The van der Waals surface area contributed by atoms with Gasteiger partial charge in [0.1, 0.15) is 11.6 Å². The van der Waals surface area contributed by atoms with Crippen LogP contribution in [0, 0.1) is 0 Å². The van der Waals surface area contributed by atoms with E-state index in [0.717, 1.165) is 54.1 Å². The zero-order valence-corrected chi connectivity index (χ0v) is 21.7. The minimum Gasteiger partial charge on any atom is -0.470 e. The second-order valence-corrected chi connectivity index (χ2v) is 10.5. The van der Waals surface area contributed by atoms with Crippen molar-refractivity contribution in [2.24, 2.45) is 7.05 Å². The minimum absolute atomic E-state index is 0.0472. The summed E-state index contributed by atoms with van der Waals surface area (Å²) >= 11 is 1.45. The van der Waals surface area contributed by atoms with Gasteiger partial charge in [0.25, 0.3) is 5.91 Å². The molecule has 0 saturated carbocycles. The number of rotatable bonds is 7. The van der Waals surface area contributed by atoms with Crippen LogP contribution in [0.5, 0.6) is 5.88 Å². The van der Waals surface area contributed by atoms with Crippen molar-refractivity contribution < 1.29 is 14.3 Å². The highest BCUT2D eigenvalue weighted by molar-refractivity contribution is 7.14. The van der Waals surface area contributed by atoms with Crippen molar-refractivity contribution >= 4 is 39.2 Å². The Morgan fingerprint density at radius 1 is 1.22 bits per heavy atom. The lowest BCUT2D eigenvalue weighted by atomic mass is 10.1. The number of carbonyl (C=O) groups is 1. The third-order valence-electron chi connectivity index (χ3n) is 6.79. The number of aryl methyl sites for hydroxylation is 1. The van der Waals surface area contributed by atoms with Crippen LogP contribution in [0.25, 0.3) is 16.7 Å². The fraction of sp³-hybridized carbons (Fsp3) is 0.440. The number of thiophene rings is 1. The van der Waals surface area contributed by atoms with Gasteiger partial charge < -0.3 is 29.6 Å². The summed E-state index contributed by atoms with van der Waals surface area (Å²) in [7, 11) is 3.99. The number of hydrogen-bond acceptors (Lipinski definition) is 9. The SMILES string of the molecule is CN1CCC(NC(=O)c2csc(Nc3nc(O[C@H]4CCOC4)c4c(ccn4-c4cnn(C)c4)n3)c2)CC1. The van der Waals surface area contributed by atoms with Gasteiger partial charge in [-0.25, -0.2) is 4.98 Å². The normalized spacial score (nSPS) is 18.9. The summed E-state index contributed by atoms with van der Waals surface area (Å²) in [6.07, 6.45) is 8.34. The molecule has 1 atom stereocenters. The van der Waals surface area contributed by atoms with Gasteiger partial charge in [-0.05, 0) is 45.1 Å². The fourth-order valence-corrected chi connectivity index (χ4v) is 5.49. The molecule has 2 aliphatic heterocycles. The Morgan fingerprint density at radius 3 is 2.84 bits per heavy atom. The summed E-state index contributed by atoms with van der Waals surface area (Å²) in [5.41, 5.74) is 3.05. The van der Waals surface area contributed by atoms with E-state index in [4.69, 9.17) is 19.4 Å². The predicted molar refractivity (Wildman–Crippen MR) is 141 cm³/mol. The zero-order valence-electron chi connectivity index (χ0n) is 20.9. The first-order chi connectivity index (χ1) is 18.0. The minimum atomic E-state index is -0.0696. The van der Waals surface area contributed by atoms with Gasteiger partial charge in [-0.15, -0.1) is 11.3 Å². The molecule has 0 spiro atoms. The van der Waals surface area contributed by atoms with Crippen LogP contribution >= 0.6 is 11.3 Å². The van der Waals surface area contributed by atoms with E-state index in [1.807, 2.05) is 41.5 Å². The molecule has 6 rings (SSSR count). The second-order valence-electron chi connectivity index (χ2n) is 9.62. The zero-order chi connectivity index (χ0) is 25.4. The molecule has 1 amide bonds. The average molecular weight is 523 g/mol. The van der Waals surface area contributed by atoms with Crippen molar-refractivity contribution in [2.45, 2.75) is 31.4 Å². The number of anilines is 2. The summed E-state index contributed by atoms with van der Waals surface area (Å²) < 4.78 is 15.5. The lowest BCUT2D eigenvalue weighted by Gasteiger charge is -2.29. The molecule has 4 aromatic heterocycles. The molecule has 0 unspecified atom stereocenters. The van der Waals surface area contributed by atoms with E-state index in [1.54, 1.807) is 10.9 Å². The Kier molecular flexibility index (Phi) is 6.53. The van der Waals surface area contributed by atoms with E-state index in [2.05, 4.69) is 27.7 Å². The van der Waals surface area contributed by atoms with Crippen LogP contribution in [0.2, 0.25) is 0 Å². The number of aromatic nitrogens is 5. The topological polar surface area (TPSA) is 111 Å². The Hall–Kier alpha value is -3.48. The molecular formula is C25H30N8O3S. The number of nitrogens with one attached hydrogen (secondary N) is 2. The van der Waals surface area contributed by atoms with Crippen molar-refractivity contribution in [3.63, 3.8) is 0 Å². The largest absolute Gasteiger partial charge is 0.470 e. The predicted octanol–water partition coefficient (Wildman–Crippen LogP) is 2.95. The van der Waals surface area contributed by atoms with Crippen molar-refractivity contribution in [3.05, 3.63) is 41.7 Å². The van der Waals surface area contributed by atoms with Crippen LogP contribution < -0.4 is 15.4 Å². The van der Waals surface area contributed by atoms with Crippen molar-refractivity contribution in [1.82, 2.24) is 34.5 Å². The van der Waals surface area contributed by atoms with Crippen LogP contribution in [-0.4, -0.2) is 80.6 Å². The van der Waals surface area contributed by atoms with Crippen LogP contribution in [0.15, 0.2) is 36.1 Å². The van der Waals surface area contributed by atoms with Gasteiger partial charge in [-0.1, -0.05) is 0 Å². The first-order valence-electron chi connectivity index (χ1n) is 12.5. The number of carbonyl (C=O) groups excluding carboxylic acids is 1. The van der Waals surface area contributed by atoms with Crippen molar-refractivity contribution in [2.75, 3.05) is 38.7 Å². The van der Waals surface area contributed by atoms with Gasteiger partial charge in [0, 0.05) is 37.3 Å². The fourth-order valence-electron chi connectivity index (χ4n) is 4.72. The molecule has 11 nitrogen and oxygen atoms in total. The molecule has 2 N–H and O–H groups in total. The number of ether oxygens (including phenoxy) is 2. The first-order valence-corrected chi connectivity index (χ1v) is 13.4. The summed E-state index contributed by atoms with van der Waals surface area (Å²) in [5.74, 6) is 0.845. The van der Waals surface area contributed by atoms with E-state index in [9.17, 15) is 4.79 Å². The van der Waals surface area contributed by atoms with Gasteiger partial charge in [0.15, 0.2) is 0 Å². The van der Waals surface area contributed by atoms with Crippen LogP contribution in [0.1, 0.15) is 29.6 Å². The molecule has 2 aliphatic rings. The Bertz CT molecular complexity index is 1400. The second kappa shape index (κ2) is 10.1. The smallest absolute Gasteiger partial charge is 0.252 e. The molecule has 4 aromatic rings. The maximum Gasteiger partial charge on any atom is 0.252 e. The lowest BCUT2D eigenvalue weighted by Crippen LogP contribution is -2.43. The highest BCUT2D eigenvalue weighted by Gasteiger charge is 2.23. The Morgan fingerprint density at radius 2 is 2.08 bits per heavy atom. The first kappa shape index (κ1) is 23.9. The number of nitrogens with zero attached hydrogens (tertiary/aromatic N) is 6. The maximum atomic E-state index is 12.8. The molecule has 0 bridgehead atoms. The molecule has 194 valence electrons. The molecule has 2 fully saturated rings. The Balaban J connectivity index is 1.24. The molecule has 0 radical (unpaired) electrons. The molecule has 0 aromatic carbocycles. The quantitative estimate of drug-likeness (QED) is 0.381. The lowest BCUT2D eigenvalue weighted by molar-refractivity contribution is 0.0917. The van der Waals surface area contributed by atoms with Crippen LogP contribution in [-0.2, 0) is 11.8 Å². The molecule has 37 heavy (non-hydrogen) atoms. The number of amides is 1. The molecule has 2 saturated heterocycles. The molecule has 6 heterocycles. The summed E-state index contributed by atoms with van der Waals surface area (Å²) in [6.45, 7) is 3.20. The Labute approximate surface area is 218 Å². The third-order valence-corrected chi connectivity index (χ3v) is 7.63. The molecule has 0 aliphatic carbocycles. The molecular weight excluding hydrogens is 492 g/mol. The van der Waals surface area contributed by atoms with Crippen molar-refractivity contribution in [3.8, 4) is 11.6 Å². The highest BCUT2D eigenvalue weighted by atomic mass is 32.1. The van der Waals surface area contributed by atoms with Gasteiger partial charge in [0.05, 0.1) is 41.2 Å². The van der Waals surface area contributed by atoms with Crippen molar-refractivity contribution in [1.29, 1.82) is 0 Å².